The zero-order valence-electron chi connectivity index (χ0n) is 9.51. The van der Waals surface area contributed by atoms with Crippen LogP contribution in [0.1, 0.15) is 19.4 Å². The normalized spacial score (nSPS) is 12.5. The summed E-state index contributed by atoms with van der Waals surface area (Å²) in [6.07, 6.45) is 0.193. The number of benzene rings is 1. The van der Waals surface area contributed by atoms with E-state index in [0.717, 1.165) is 23.3 Å². The highest BCUT2D eigenvalue weighted by molar-refractivity contribution is 9.10. The average Bonchev–Trinajstić information content (AvgIpc) is 2.20. The van der Waals surface area contributed by atoms with Crippen molar-refractivity contribution in [1.82, 2.24) is 5.32 Å². The van der Waals surface area contributed by atoms with E-state index in [0.29, 0.717) is 0 Å². The number of likely N-dealkylation sites (N-methyl/N-ethyl adjacent to an activating group) is 1. The van der Waals surface area contributed by atoms with E-state index >= 15 is 0 Å². The predicted octanol–water partition coefficient (Wildman–Crippen LogP) is 3.13. The molecule has 0 bridgehead atoms. The number of nitrogens with one attached hydrogen (secondary N) is 1. The average molecular weight is 272 g/mol. The van der Waals surface area contributed by atoms with E-state index in [1.807, 2.05) is 12.1 Å². The monoisotopic (exact) mass is 271 g/mol. The largest absolute Gasteiger partial charge is 0.489 e. The highest BCUT2D eigenvalue weighted by atomic mass is 79.9. The Balaban J connectivity index is 2.59. The van der Waals surface area contributed by atoms with Crippen molar-refractivity contribution < 1.29 is 4.74 Å². The Morgan fingerprint density at radius 3 is 2.87 bits per heavy atom. The highest BCUT2D eigenvalue weighted by Gasteiger charge is 2.05. The van der Waals surface area contributed by atoms with Crippen molar-refractivity contribution in [3.05, 3.63) is 28.2 Å². The zero-order valence-corrected chi connectivity index (χ0v) is 11.1. The van der Waals surface area contributed by atoms with Gasteiger partial charge in [-0.25, -0.2) is 0 Å². The second kappa shape index (κ2) is 6.13. The van der Waals surface area contributed by atoms with E-state index in [-0.39, 0.29) is 6.10 Å². The van der Waals surface area contributed by atoms with E-state index in [1.54, 1.807) is 0 Å². The fourth-order valence-corrected chi connectivity index (χ4v) is 1.65. The minimum absolute atomic E-state index is 0.193. The third-order valence-corrected chi connectivity index (χ3v) is 2.65. The fraction of sp³-hybridized carbons (Fsp3) is 0.500. The number of hydrogen-bond donors (Lipinski definition) is 1. The predicted molar refractivity (Wildman–Crippen MR) is 67.5 cm³/mol. The van der Waals surface area contributed by atoms with Gasteiger partial charge in [-0.3, -0.25) is 0 Å². The van der Waals surface area contributed by atoms with Crippen LogP contribution in [0.15, 0.2) is 22.7 Å². The van der Waals surface area contributed by atoms with Crippen LogP contribution in [-0.2, 0) is 0 Å². The second-order valence-corrected chi connectivity index (χ2v) is 4.56. The summed E-state index contributed by atoms with van der Waals surface area (Å²) in [4.78, 5) is 0. The molecule has 0 aliphatic heterocycles. The van der Waals surface area contributed by atoms with Gasteiger partial charge in [0, 0.05) is 11.0 Å². The summed E-state index contributed by atoms with van der Waals surface area (Å²) in [5.74, 6) is 0.953. The minimum Gasteiger partial charge on any atom is -0.489 e. The van der Waals surface area contributed by atoms with Gasteiger partial charge < -0.3 is 10.1 Å². The van der Waals surface area contributed by atoms with E-state index in [1.165, 1.54) is 5.56 Å². The first-order chi connectivity index (χ1) is 7.13. The van der Waals surface area contributed by atoms with Gasteiger partial charge in [0.15, 0.2) is 0 Å². The van der Waals surface area contributed by atoms with Crippen molar-refractivity contribution in [3.63, 3.8) is 0 Å². The van der Waals surface area contributed by atoms with Gasteiger partial charge in [-0.2, -0.15) is 0 Å². The van der Waals surface area contributed by atoms with Crippen molar-refractivity contribution in [2.75, 3.05) is 13.1 Å². The van der Waals surface area contributed by atoms with Gasteiger partial charge in [0.25, 0.3) is 0 Å². The Hall–Kier alpha value is -0.540. The lowest BCUT2D eigenvalue weighted by atomic mass is 10.2. The number of halogens is 1. The molecule has 0 saturated heterocycles. The maximum absolute atomic E-state index is 5.84. The maximum atomic E-state index is 5.84. The highest BCUT2D eigenvalue weighted by Crippen LogP contribution is 2.23. The molecule has 3 heteroatoms. The number of aryl methyl sites for hydroxylation is 1. The van der Waals surface area contributed by atoms with Gasteiger partial charge in [-0.1, -0.05) is 28.9 Å². The molecule has 15 heavy (non-hydrogen) atoms. The summed E-state index contributed by atoms with van der Waals surface area (Å²) < 4.78 is 6.89. The van der Waals surface area contributed by atoms with Crippen molar-refractivity contribution in [3.8, 4) is 5.75 Å². The molecule has 1 N–H and O–H groups in total. The molecule has 0 heterocycles. The summed E-state index contributed by atoms with van der Waals surface area (Å²) >= 11 is 3.44. The minimum atomic E-state index is 0.193. The van der Waals surface area contributed by atoms with Crippen molar-refractivity contribution >= 4 is 15.9 Å². The summed E-state index contributed by atoms with van der Waals surface area (Å²) in [5.41, 5.74) is 1.17. The SMILES string of the molecule is CCNCC(C)Oc1cc(Br)ccc1C. The van der Waals surface area contributed by atoms with Crippen LogP contribution >= 0.6 is 15.9 Å². The summed E-state index contributed by atoms with van der Waals surface area (Å²) in [5, 5.41) is 3.27. The lowest BCUT2D eigenvalue weighted by Gasteiger charge is -2.16. The molecule has 1 unspecified atom stereocenters. The molecule has 0 aromatic heterocycles. The van der Waals surface area contributed by atoms with Crippen LogP contribution in [0.3, 0.4) is 0 Å². The molecule has 1 aromatic rings. The van der Waals surface area contributed by atoms with Crippen LogP contribution in [0, 0.1) is 6.92 Å². The lowest BCUT2D eigenvalue weighted by Crippen LogP contribution is -2.28. The first-order valence-corrected chi connectivity index (χ1v) is 6.06. The van der Waals surface area contributed by atoms with Crippen LogP contribution in [0.25, 0.3) is 0 Å². The molecule has 1 rings (SSSR count). The lowest BCUT2D eigenvalue weighted by molar-refractivity contribution is 0.216. The van der Waals surface area contributed by atoms with E-state index in [2.05, 4.69) is 48.1 Å². The van der Waals surface area contributed by atoms with Gasteiger partial charge in [0.1, 0.15) is 11.9 Å². The van der Waals surface area contributed by atoms with Crippen molar-refractivity contribution in [1.29, 1.82) is 0 Å². The van der Waals surface area contributed by atoms with Crippen LogP contribution in [-0.4, -0.2) is 19.2 Å². The third-order valence-electron chi connectivity index (χ3n) is 2.16. The quantitative estimate of drug-likeness (QED) is 0.889. The number of ether oxygens (including phenoxy) is 1. The van der Waals surface area contributed by atoms with Crippen molar-refractivity contribution in [2.45, 2.75) is 26.9 Å². The molecule has 1 aromatic carbocycles. The Labute approximate surface area is 100 Å². The number of hydrogen-bond acceptors (Lipinski definition) is 2. The van der Waals surface area contributed by atoms with Gasteiger partial charge in [-0.05, 0) is 38.1 Å². The molecule has 0 saturated carbocycles. The molecule has 0 radical (unpaired) electrons. The standard InChI is InChI=1S/C12H18BrNO/c1-4-14-8-10(3)15-12-7-11(13)6-5-9(12)2/h5-7,10,14H,4,8H2,1-3H3. The zero-order chi connectivity index (χ0) is 11.3. The Morgan fingerprint density at radius 2 is 2.20 bits per heavy atom. The van der Waals surface area contributed by atoms with Crippen molar-refractivity contribution in [2.24, 2.45) is 0 Å². The molecule has 84 valence electrons. The van der Waals surface area contributed by atoms with E-state index in [9.17, 15) is 0 Å². The van der Waals surface area contributed by atoms with Crippen LogP contribution in [0.2, 0.25) is 0 Å². The van der Waals surface area contributed by atoms with E-state index < -0.39 is 0 Å². The van der Waals surface area contributed by atoms with Gasteiger partial charge in [0.05, 0.1) is 0 Å². The number of rotatable bonds is 5. The second-order valence-electron chi connectivity index (χ2n) is 3.65. The molecular weight excluding hydrogens is 254 g/mol. The first kappa shape index (κ1) is 12.5. The molecule has 0 spiro atoms. The summed E-state index contributed by atoms with van der Waals surface area (Å²) in [6, 6.07) is 6.09. The first-order valence-electron chi connectivity index (χ1n) is 5.27. The fourth-order valence-electron chi connectivity index (χ4n) is 1.31. The van der Waals surface area contributed by atoms with Gasteiger partial charge in [-0.15, -0.1) is 0 Å². The van der Waals surface area contributed by atoms with E-state index in [4.69, 9.17) is 4.74 Å². The Bertz CT molecular complexity index is 314. The molecule has 0 aliphatic carbocycles. The maximum Gasteiger partial charge on any atom is 0.123 e. The Kier molecular flexibility index (Phi) is 5.12. The molecular formula is C12H18BrNO. The molecule has 1 atom stereocenters. The molecule has 0 amide bonds. The van der Waals surface area contributed by atoms with Crippen LogP contribution in [0.5, 0.6) is 5.75 Å². The third kappa shape index (κ3) is 4.22. The molecule has 0 fully saturated rings. The molecule has 0 aliphatic rings. The van der Waals surface area contributed by atoms with Gasteiger partial charge >= 0.3 is 0 Å². The molecule has 2 nitrogen and oxygen atoms in total. The summed E-state index contributed by atoms with van der Waals surface area (Å²) in [6.45, 7) is 8.08. The Morgan fingerprint density at radius 1 is 1.47 bits per heavy atom. The summed E-state index contributed by atoms with van der Waals surface area (Å²) in [7, 11) is 0. The smallest absolute Gasteiger partial charge is 0.123 e. The topological polar surface area (TPSA) is 21.3 Å². The van der Waals surface area contributed by atoms with Gasteiger partial charge in [0.2, 0.25) is 0 Å². The van der Waals surface area contributed by atoms with Crippen LogP contribution in [0.4, 0.5) is 0 Å². The van der Waals surface area contributed by atoms with Crippen LogP contribution < -0.4 is 10.1 Å².